The number of rotatable bonds is 1. The monoisotopic (exact) mass is 281 g/mol. The van der Waals surface area contributed by atoms with E-state index in [1.54, 1.807) is 0 Å². The number of nitrogens with zero attached hydrogens (tertiary/aromatic N) is 2. The first-order chi connectivity index (χ1) is 8.66. The van der Waals surface area contributed by atoms with Gasteiger partial charge in [-0.25, -0.2) is 9.98 Å². The van der Waals surface area contributed by atoms with Gasteiger partial charge >= 0.3 is 0 Å². The predicted octanol–water partition coefficient (Wildman–Crippen LogP) is 3.09. The van der Waals surface area contributed by atoms with E-state index in [2.05, 4.69) is 9.98 Å². The van der Waals surface area contributed by atoms with E-state index < -0.39 is 11.4 Å². The highest BCUT2D eigenvalue weighted by atomic mass is 35.5. The van der Waals surface area contributed by atoms with Gasteiger partial charge < -0.3 is 5.73 Å². The van der Waals surface area contributed by atoms with Crippen molar-refractivity contribution >= 4 is 45.2 Å². The van der Waals surface area contributed by atoms with E-state index >= 15 is 0 Å². The zero-order valence-corrected chi connectivity index (χ0v) is 10.7. The number of fused-ring (bicyclic) bond motifs is 1. The summed E-state index contributed by atoms with van der Waals surface area (Å²) in [5, 5.41) is 0.0889. The molecule has 3 rings (SSSR count). The second-order valence-corrected chi connectivity index (χ2v) is 5.45. The van der Waals surface area contributed by atoms with E-state index in [0.29, 0.717) is 5.56 Å². The van der Waals surface area contributed by atoms with Crippen LogP contribution < -0.4 is 5.73 Å². The maximum atomic E-state index is 14.1. The van der Waals surface area contributed by atoms with Gasteiger partial charge in [-0.2, -0.15) is 4.39 Å². The van der Waals surface area contributed by atoms with Crippen LogP contribution in [0.5, 0.6) is 0 Å². The molecule has 1 aromatic heterocycles. The van der Waals surface area contributed by atoms with Crippen LogP contribution in [0.2, 0.25) is 0 Å². The van der Waals surface area contributed by atoms with Gasteiger partial charge in [0.1, 0.15) is 6.04 Å². The SMILES string of the molecule is NC1=NC(c2c(F)sc3ccccc23)C(Cl)C=N1. The second kappa shape index (κ2) is 4.33. The van der Waals surface area contributed by atoms with Crippen molar-refractivity contribution < 1.29 is 4.39 Å². The van der Waals surface area contributed by atoms with Gasteiger partial charge in [-0.1, -0.05) is 18.2 Å². The lowest BCUT2D eigenvalue weighted by atomic mass is 10.0. The molecule has 0 saturated heterocycles. The van der Waals surface area contributed by atoms with Crippen LogP contribution >= 0.6 is 22.9 Å². The van der Waals surface area contributed by atoms with E-state index in [1.807, 2.05) is 24.3 Å². The Hall–Kier alpha value is -1.46. The molecule has 0 radical (unpaired) electrons. The van der Waals surface area contributed by atoms with Crippen molar-refractivity contribution in [3.05, 3.63) is 35.0 Å². The van der Waals surface area contributed by atoms with Crippen LogP contribution in [0.15, 0.2) is 34.3 Å². The van der Waals surface area contributed by atoms with E-state index in [9.17, 15) is 4.39 Å². The molecule has 3 nitrogen and oxygen atoms in total. The molecule has 0 amide bonds. The smallest absolute Gasteiger partial charge is 0.215 e. The molecule has 0 saturated carbocycles. The first-order valence-corrected chi connectivity index (χ1v) is 6.60. The number of hydrogen-bond donors (Lipinski definition) is 1. The molecule has 2 heterocycles. The van der Waals surface area contributed by atoms with Gasteiger partial charge in [0.05, 0.1) is 5.38 Å². The molecule has 18 heavy (non-hydrogen) atoms. The standard InChI is InChI=1S/C12H9ClFN3S/c13-7-5-16-12(15)17-10(7)9-6-3-1-2-4-8(6)18-11(9)14/h1-5,7,10H,(H2,15,17). The average Bonchev–Trinajstić information content (AvgIpc) is 2.68. The van der Waals surface area contributed by atoms with Crippen molar-refractivity contribution in [2.45, 2.75) is 11.4 Å². The fraction of sp³-hybridized carbons (Fsp3) is 0.167. The van der Waals surface area contributed by atoms with Gasteiger partial charge in [-0.15, -0.1) is 22.9 Å². The summed E-state index contributed by atoms with van der Waals surface area (Å²) < 4.78 is 15.0. The van der Waals surface area contributed by atoms with Crippen molar-refractivity contribution in [3.63, 3.8) is 0 Å². The summed E-state index contributed by atoms with van der Waals surface area (Å²) in [6.45, 7) is 0. The van der Waals surface area contributed by atoms with Gasteiger partial charge in [0.2, 0.25) is 5.96 Å². The summed E-state index contributed by atoms with van der Waals surface area (Å²) in [7, 11) is 0. The minimum absolute atomic E-state index is 0.131. The number of benzene rings is 1. The fourth-order valence-electron chi connectivity index (χ4n) is 2.01. The maximum absolute atomic E-state index is 14.1. The van der Waals surface area contributed by atoms with Crippen molar-refractivity contribution in [2.24, 2.45) is 15.7 Å². The summed E-state index contributed by atoms with van der Waals surface area (Å²) in [5.41, 5.74) is 6.07. The topological polar surface area (TPSA) is 50.7 Å². The first-order valence-electron chi connectivity index (χ1n) is 5.35. The van der Waals surface area contributed by atoms with E-state index in [1.165, 1.54) is 6.21 Å². The average molecular weight is 282 g/mol. The molecule has 2 unspecified atom stereocenters. The molecular formula is C12H9ClFN3S. The van der Waals surface area contributed by atoms with E-state index in [0.717, 1.165) is 21.4 Å². The van der Waals surface area contributed by atoms with Crippen molar-refractivity contribution in [2.75, 3.05) is 0 Å². The fourth-order valence-corrected chi connectivity index (χ4v) is 3.22. The normalized spacial score (nSPS) is 23.3. The number of aliphatic imine (C=N–C) groups is 2. The summed E-state index contributed by atoms with van der Waals surface area (Å²) in [5.74, 6) is 0.131. The maximum Gasteiger partial charge on any atom is 0.215 e. The third kappa shape index (κ3) is 1.79. The van der Waals surface area contributed by atoms with Crippen LogP contribution in [0.3, 0.4) is 0 Å². The van der Waals surface area contributed by atoms with Crippen LogP contribution in [-0.2, 0) is 0 Å². The molecule has 1 aromatic carbocycles. The summed E-state index contributed by atoms with van der Waals surface area (Å²) >= 11 is 7.23. The largest absolute Gasteiger partial charge is 0.368 e. The minimum atomic E-state index is -0.514. The molecule has 0 fully saturated rings. The molecule has 2 N–H and O–H groups in total. The number of guanidine groups is 1. The summed E-state index contributed by atoms with van der Waals surface area (Å²) in [6.07, 6.45) is 1.50. The van der Waals surface area contributed by atoms with Crippen LogP contribution in [0.1, 0.15) is 11.6 Å². The van der Waals surface area contributed by atoms with Gasteiger partial charge in [0, 0.05) is 21.9 Å². The summed E-state index contributed by atoms with van der Waals surface area (Å²) in [6, 6.07) is 6.97. The number of alkyl halides is 1. The van der Waals surface area contributed by atoms with Crippen LogP contribution in [0.4, 0.5) is 4.39 Å². The lowest BCUT2D eigenvalue weighted by molar-refractivity contribution is 0.618. The van der Waals surface area contributed by atoms with Crippen molar-refractivity contribution in [1.29, 1.82) is 0 Å². The van der Waals surface area contributed by atoms with Crippen LogP contribution in [-0.4, -0.2) is 17.6 Å². The molecule has 1 aliphatic rings. The molecule has 6 heteroatoms. The number of halogens is 2. The second-order valence-electron chi connectivity index (χ2n) is 3.94. The Kier molecular flexibility index (Phi) is 2.80. The predicted molar refractivity (Wildman–Crippen MR) is 74.3 cm³/mol. The van der Waals surface area contributed by atoms with Gasteiger partial charge in [0.25, 0.3) is 0 Å². The van der Waals surface area contributed by atoms with Crippen molar-refractivity contribution in [1.82, 2.24) is 0 Å². The summed E-state index contributed by atoms with van der Waals surface area (Å²) in [4.78, 5) is 7.98. The lowest BCUT2D eigenvalue weighted by Crippen LogP contribution is -2.24. The Balaban J connectivity index is 2.20. The number of hydrogen-bond acceptors (Lipinski definition) is 4. The van der Waals surface area contributed by atoms with Crippen molar-refractivity contribution in [3.8, 4) is 0 Å². The quantitative estimate of drug-likeness (QED) is 0.803. The Bertz CT molecular complexity index is 664. The molecule has 0 bridgehead atoms. The van der Waals surface area contributed by atoms with E-state index in [-0.39, 0.29) is 11.1 Å². The van der Waals surface area contributed by atoms with Crippen LogP contribution in [0, 0.1) is 5.13 Å². The highest BCUT2D eigenvalue weighted by Gasteiger charge is 2.28. The van der Waals surface area contributed by atoms with E-state index in [4.69, 9.17) is 17.3 Å². The van der Waals surface area contributed by atoms with Gasteiger partial charge in [-0.3, -0.25) is 0 Å². The Morgan fingerprint density at radius 3 is 2.94 bits per heavy atom. The molecule has 2 aromatic rings. The Labute approximate surface area is 112 Å². The Morgan fingerprint density at radius 1 is 1.33 bits per heavy atom. The van der Waals surface area contributed by atoms with Gasteiger partial charge in [-0.05, 0) is 6.07 Å². The highest BCUT2D eigenvalue weighted by molar-refractivity contribution is 7.17. The third-order valence-corrected chi connectivity index (χ3v) is 4.13. The first kappa shape index (κ1) is 11.6. The third-order valence-electron chi connectivity index (χ3n) is 2.81. The number of nitrogens with two attached hydrogens (primary N) is 1. The highest BCUT2D eigenvalue weighted by Crippen LogP contribution is 2.38. The lowest BCUT2D eigenvalue weighted by Gasteiger charge is -2.18. The molecule has 0 spiro atoms. The molecule has 92 valence electrons. The Morgan fingerprint density at radius 2 is 2.11 bits per heavy atom. The van der Waals surface area contributed by atoms with Crippen LogP contribution in [0.25, 0.3) is 10.1 Å². The zero-order valence-electron chi connectivity index (χ0n) is 9.18. The van der Waals surface area contributed by atoms with Gasteiger partial charge in [0.15, 0.2) is 5.13 Å². The molecule has 2 atom stereocenters. The minimum Gasteiger partial charge on any atom is -0.368 e. The number of thiophene rings is 1. The molecule has 0 aliphatic carbocycles. The zero-order chi connectivity index (χ0) is 12.7. The molecule has 1 aliphatic heterocycles. The molecular weight excluding hydrogens is 273 g/mol.